The van der Waals surface area contributed by atoms with E-state index in [1.165, 1.54) is 14.2 Å². The lowest BCUT2D eigenvalue weighted by molar-refractivity contribution is -0.275. The number of rotatable bonds is 15. The van der Waals surface area contributed by atoms with E-state index in [9.17, 15) is 9.90 Å². The lowest BCUT2D eigenvalue weighted by Crippen LogP contribution is -2.60. The Bertz CT molecular complexity index is 322. The van der Waals surface area contributed by atoms with Crippen LogP contribution in [-0.2, 0) is 19.0 Å². The molecule has 2 unspecified atom stereocenters. The average Bonchev–Trinajstić information content (AvgIpc) is 2.59. The maximum atomic E-state index is 12.2. The van der Waals surface area contributed by atoms with Crippen LogP contribution in [0.25, 0.3) is 0 Å². The van der Waals surface area contributed by atoms with Crippen molar-refractivity contribution in [3.63, 3.8) is 0 Å². The molecule has 0 saturated carbocycles. The van der Waals surface area contributed by atoms with Crippen LogP contribution in [0.5, 0.6) is 0 Å². The maximum absolute atomic E-state index is 12.2. The highest BCUT2D eigenvalue weighted by Gasteiger charge is 2.40. The number of amides is 1. The van der Waals surface area contributed by atoms with E-state index in [1.807, 2.05) is 0 Å². The molecule has 0 heterocycles. The summed E-state index contributed by atoms with van der Waals surface area (Å²) in [4.78, 5) is 12.2. The second-order valence-electron chi connectivity index (χ2n) is 6.15. The van der Waals surface area contributed by atoms with E-state index < -0.39 is 5.91 Å². The second kappa shape index (κ2) is 13.8. The highest BCUT2D eigenvalue weighted by Crippen LogP contribution is 2.19. The highest BCUT2D eigenvalue weighted by molar-refractivity contribution is 6.09. The first-order chi connectivity index (χ1) is 11.5. The van der Waals surface area contributed by atoms with E-state index in [-0.39, 0.29) is 18.1 Å². The molecule has 0 saturated heterocycles. The van der Waals surface area contributed by atoms with Gasteiger partial charge >= 0.3 is 0 Å². The molecule has 2 N–H and O–H groups in total. The number of methoxy groups -OCH3 is 3. The van der Waals surface area contributed by atoms with Crippen LogP contribution in [0.2, 0.25) is 6.04 Å². The van der Waals surface area contributed by atoms with Crippen LogP contribution < -0.4 is 5.32 Å². The first-order valence-corrected chi connectivity index (χ1v) is 10.5. The van der Waals surface area contributed by atoms with Gasteiger partial charge in [-0.05, 0) is 25.3 Å². The van der Waals surface area contributed by atoms with Gasteiger partial charge in [0.1, 0.15) is 6.10 Å². The van der Waals surface area contributed by atoms with Crippen LogP contribution >= 0.6 is 0 Å². The zero-order valence-electron chi connectivity index (χ0n) is 16.1. The predicted molar refractivity (Wildman–Crippen MR) is 99.1 cm³/mol. The van der Waals surface area contributed by atoms with Gasteiger partial charge < -0.3 is 24.6 Å². The Balaban J connectivity index is 4.18. The number of nitrogens with one attached hydrogen (secondary N) is 1. The van der Waals surface area contributed by atoms with Crippen molar-refractivity contribution < 1.29 is 24.1 Å². The molecule has 0 radical (unpaired) electrons. The van der Waals surface area contributed by atoms with E-state index in [2.05, 4.69) is 12.2 Å². The van der Waals surface area contributed by atoms with Crippen molar-refractivity contribution in [2.75, 3.05) is 21.3 Å². The van der Waals surface area contributed by atoms with Crippen LogP contribution in [0.3, 0.4) is 0 Å². The molecule has 0 aliphatic carbocycles. The van der Waals surface area contributed by atoms with Crippen LogP contribution in [0.15, 0.2) is 0 Å². The van der Waals surface area contributed by atoms with Gasteiger partial charge in [-0.2, -0.15) is 0 Å². The molecule has 0 rings (SSSR count). The molecule has 0 aromatic heterocycles. The zero-order chi connectivity index (χ0) is 18.4. The molecule has 0 aliphatic heterocycles. The number of aliphatic hydroxyl groups excluding tert-OH is 1. The van der Waals surface area contributed by atoms with Gasteiger partial charge in [0.2, 0.25) is 5.91 Å². The van der Waals surface area contributed by atoms with Crippen LogP contribution in [0, 0.1) is 0 Å². The van der Waals surface area contributed by atoms with Crippen molar-refractivity contribution in [1.82, 2.24) is 5.32 Å². The van der Waals surface area contributed by atoms with E-state index in [1.54, 1.807) is 7.11 Å². The minimum atomic E-state index is -1.23. The zero-order valence-corrected chi connectivity index (χ0v) is 18.1. The molecule has 144 valence electrons. The molecule has 2 atom stereocenters. The lowest BCUT2D eigenvalue weighted by atomic mass is 10.0. The van der Waals surface area contributed by atoms with Crippen LogP contribution in [0.1, 0.15) is 58.3 Å². The first kappa shape index (κ1) is 23.5. The van der Waals surface area contributed by atoms with Gasteiger partial charge in [0.15, 0.2) is 0 Å². The number of ether oxygens (including phenoxy) is 3. The van der Waals surface area contributed by atoms with Gasteiger partial charge in [-0.25, -0.2) is 0 Å². The predicted octanol–water partition coefficient (Wildman–Crippen LogP) is 1.35. The van der Waals surface area contributed by atoms with E-state index in [4.69, 9.17) is 14.2 Å². The lowest BCUT2D eigenvalue weighted by Gasteiger charge is -2.37. The largest absolute Gasteiger partial charge is 0.393 e. The van der Waals surface area contributed by atoms with Crippen molar-refractivity contribution in [2.24, 2.45) is 0 Å². The fourth-order valence-corrected chi connectivity index (χ4v) is 3.69. The fourth-order valence-electron chi connectivity index (χ4n) is 2.82. The Labute approximate surface area is 150 Å². The highest BCUT2D eigenvalue weighted by atomic mass is 28.1. The molecule has 0 aromatic carbocycles. The van der Waals surface area contributed by atoms with Gasteiger partial charge in [-0.3, -0.25) is 4.79 Å². The molecule has 0 bridgehead atoms. The second-order valence-corrected chi connectivity index (χ2v) is 6.97. The summed E-state index contributed by atoms with van der Waals surface area (Å²) in [6, 6.07) is 0.780. The number of unbranched alkanes of at least 4 members (excludes halogenated alkanes) is 3. The first-order valence-electron chi connectivity index (χ1n) is 9.11. The molecular formula is C17H37NO5Si. The summed E-state index contributed by atoms with van der Waals surface area (Å²) in [6.45, 7) is 2.15. The number of aliphatic hydroxyl groups is 1. The van der Waals surface area contributed by atoms with Crippen LogP contribution in [-0.4, -0.2) is 60.7 Å². The molecule has 0 aromatic rings. The van der Waals surface area contributed by atoms with Crippen molar-refractivity contribution in [3.8, 4) is 0 Å². The number of hydrogen-bond donors (Lipinski definition) is 2. The summed E-state index contributed by atoms with van der Waals surface area (Å²) < 4.78 is 16.2. The Morgan fingerprint density at radius 2 is 1.71 bits per heavy atom. The van der Waals surface area contributed by atoms with Gasteiger partial charge in [0.05, 0.1) is 6.10 Å². The fraction of sp³-hybridized carbons (Fsp3) is 0.941. The summed E-state index contributed by atoms with van der Waals surface area (Å²) in [5.41, 5.74) is 0. The third kappa shape index (κ3) is 8.57. The molecule has 0 fully saturated rings. The Kier molecular flexibility index (Phi) is 13.5. The van der Waals surface area contributed by atoms with Crippen LogP contribution in [0.4, 0.5) is 0 Å². The molecule has 6 nitrogen and oxygen atoms in total. The monoisotopic (exact) mass is 363 g/mol. The Morgan fingerprint density at radius 1 is 1.12 bits per heavy atom. The van der Waals surface area contributed by atoms with Crippen molar-refractivity contribution in [1.29, 1.82) is 0 Å². The van der Waals surface area contributed by atoms with Crippen molar-refractivity contribution >= 4 is 16.1 Å². The minimum absolute atomic E-state index is 0.128. The maximum Gasteiger partial charge on any atom is 0.278 e. The Hall–Kier alpha value is -0.473. The molecule has 0 spiro atoms. The molecular weight excluding hydrogens is 326 g/mol. The molecule has 24 heavy (non-hydrogen) atoms. The quantitative estimate of drug-likeness (QED) is 0.261. The topological polar surface area (TPSA) is 77.0 Å². The van der Waals surface area contributed by atoms with Gasteiger partial charge in [0.25, 0.3) is 5.91 Å². The summed E-state index contributed by atoms with van der Waals surface area (Å²) in [5, 5.41) is 12.7. The van der Waals surface area contributed by atoms with Gasteiger partial charge in [-0.1, -0.05) is 32.6 Å². The molecule has 0 aliphatic rings. The average molecular weight is 364 g/mol. The number of carbonyl (C=O) groups excluding carboxylic acids is 1. The smallest absolute Gasteiger partial charge is 0.278 e. The van der Waals surface area contributed by atoms with Crippen molar-refractivity contribution in [2.45, 2.75) is 82.5 Å². The summed E-state index contributed by atoms with van der Waals surface area (Å²) in [6.07, 6.45) is 6.37. The third-order valence-electron chi connectivity index (χ3n) is 4.33. The number of hydrogen-bond acceptors (Lipinski definition) is 5. The van der Waals surface area contributed by atoms with Gasteiger partial charge in [0, 0.05) is 38.0 Å². The van der Waals surface area contributed by atoms with E-state index in [0.717, 1.165) is 61.2 Å². The third-order valence-corrected chi connectivity index (χ3v) is 5.07. The van der Waals surface area contributed by atoms with Gasteiger partial charge in [-0.15, -0.1) is 0 Å². The normalized spacial score (nSPS) is 14.5. The van der Waals surface area contributed by atoms with E-state index >= 15 is 0 Å². The minimum Gasteiger partial charge on any atom is -0.393 e. The molecule has 7 heteroatoms. The Morgan fingerprint density at radius 3 is 2.17 bits per heavy atom. The van der Waals surface area contributed by atoms with Crippen molar-refractivity contribution in [3.05, 3.63) is 0 Å². The summed E-state index contributed by atoms with van der Waals surface area (Å²) in [7, 11) is 5.49. The standard InChI is InChI=1S/C17H37NO5Si/c1-5-6-7-10-14(19)11-8-9-12-16(20)18-17(22-3,23-4)15(13-24)21-2/h14-15,19H,5-13H2,1-4,24H3,(H,18,20). The summed E-state index contributed by atoms with van der Waals surface area (Å²) in [5.74, 6) is -1.36. The van der Waals surface area contributed by atoms with E-state index in [0.29, 0.717) is 6.42 Å². The molecule has 1 amide bonds. The number of carbonyl (C=O) groups is 1. The summed E-state index contributed by atoms with van der Waals surface area (Å²) >= 11 is 0. The SMILES string of the molecule is CCCCCC(O)CCCCC(=O)NC(OC)(OC)C(C[SiH3])OC.